The Morgan fingerprint density at radius 2 is 1.61 bits per heavy atom. The zero-order valence-electron chi connectivity index (χ0n) is 12.5. The van der Waals surface area contributed by atoms with Crippen molar-refractivity contribution in [1.29, 1.82) is 0 Å². The van der Waals surface area contributed by atoms with Crippen LogP contribution in [0.2, 0.25) is 0 Å². The van der Waals surface area contributed by atoms with Gasteiger partial charge >= 0.3 is 11.9 Å². The van der Waals surface area contributed by atoms with Gasteiger partial charge in [0.05, 0.1) is 6.42 Å². The average Bonchev–Trinajstić information content (AvgIpc) is 2.45. The zero-order valence-corrected chi connectivity index (χ0v) is 12.5. The first-order chi connectivity index (χ1) is 10.8. The van der Waals surface area contributed by atoms with Crippen LogP contribution in [0, 0.1) is 0 Å². The van der Waals surface area contributed by atoms with Crippen LogP contribution in [0.3, 0.4) is 0 Å². The molecule has 1 aromatic rings. The highest BCUT2D eigenvalue weighted by Gasteiger charge is 2.27. The van der Waals surface area contributed by atoms with Gasteiger partial charge < -0.3 is 20.8 Å². The van der Waals surface area contributed by atoms with Gasteiger partial charge in [0, 0.05) is 13.3 Å². The number of rotatable bonds is 8. The summed E-state index contributed by atoms with van der Waals surface area (Å²) >= 11 is 0. The van der Waals surface area contributed by atoms with Crippen molar-refractivity contribution in [2.75, 3.05) is 0 Å². The number of benzene rings is 1. The molecule has 0 heterocycles. The van der Waals surface area contributed by atoms with Crippen LogP contribution in [0.1, 0.15) is 18.9 Å². The van der Waals surface area contributed by atoms with E-state index in [1.54, 1.807) is 30.3 Å². The van der Waals surface area contributed by atoms with Crippen molar-refractivity contribution in [3.8, 4) is 0 Å². The molecule has 0 aromatic heterocycles. The molecular weight excluding hydrogens is 304 g/mol. The first-order valence-corrected chi connectivity index (χ1v) is 6.85. The second-order valence-corrected chi connectivity index (χ2v) is 4.94. The van der Waals surface area contributed by atoms with Crippen molar-refractivity contribution in [3.63, 3.8) is 0 Å². The smallest absolute Gasteiger partial charge is 0.326 e. The highest BCUT2D eigenvalue weighted by atomic mass is 16.4. The minimum Gasteiger partial charge on any atom is -0.481 e. The highest BCUT2D eigenvalue weighted by Crippen LogP contribution is 2.04. The van der Waals surface area contributed by atoms with E-state index in [4.69, 9.17) is 5.11 Å². The van der Waals surface area contributed by atoms with Crippen molar-refractivity contribution in [3.05, 3.63) is 35.9 Å². The van der Waals surface area contributed by atoms with Gasteiger partial charge in [0.25, 0.3) is 0 Å². The Hall–Kier alpha value is -2.90. The number of carbonyl (C=O) groups is 4. The van der Waals surface area contributed by atoms with Crippen LogP contribution in [-0.2, 0) is 25.6 Å². The van der Waals surface area contributed by atoms with E-state index in [2.05, 4.69) is 10.6 Å². The van der Waals surface area contributed by atoms with Gasteiger partial charge in [-0.15, -0.1) is 0 Å². The van der Waals surface area contributed by atoms with Crippen LogP contribution in [0.5, 0.6) is 0 Å². The van der Waals surface area contributed by atoms with Gasteiger partial charge in [0.1, 0.15) is 12.1 Å². The molecule has 124 valence electrons. The number of nitrogens with one attached hydrogen (secondary N) is 2. The molecule has 8 heteroatoms. The van der Waals surface area contributed by atoms with E-state index in [1.165, 1.54) is 0 Å². The summed E-state index contributed by atoms with van der Waals surface area (Å²) in [6.07, 6.45) is -0.592. The van der Waals surface area contributed by atoms with Crippen LogP contribution >= 0.6 is 0 Å². The van der Waals surface area contributed by atoms with E-state index in [1.807, 2.05) is 0 Å². The van der Waals surface area contributed by atoms with Crippen molar-refractivity contribution in [1.82, 2.24) is 10.6 Å². The van der Waals surface area contributed by atoms with E-state index in [0.717, 1.165) is 6.92 Å². The number of aliphatic carboxylic acids is 2. The minimum absolute atomic E-state index is 0.0434. The summed E-state index contributed by atoms with van der Waals surface area (Å²) in [7, 11) is 0. The lowest BCUT2D eigenvalue weighted by atomic mass is 10.1. The summed E-state index contributed by atoms with van der Waals surface area (Å²) in [5.74, 6) is -3.97. The average molecular weight is 322 g/mol. The number of carboxylic acid groups (broad SMARTS) is 2. The molecule has 0 saturated heterocycles. The monoisotopic (exact) mass is 322 g/mol. The lowest BCUT2D eigenvalue weighted by Crippen LogP contribution is -2.52. The number of hydrogen-bond acceptors (Lipinski definition) is 4. The van der Waals surface area contributed by atoms with Gasteiger partial charge in [0.15, 0.2) is 0 Å². The summed E-state index contributed by atoms with van der Waals surface area (Å²) in [6, 6.07) is 6.12. The van der Waals surface area contributed by atoms with E-state index < -0.39 is 42.3 Å². The third-order valence-corrected chi connectivity index (χ3v) is 2.97. The zero-order chi connectivity index (χ0) is 17.4. The lowest BCUT2D eigenvalue weighted by Gasteiger charge is -2.20. The molecule has 23 heavy (non-hydrogen) atoms. The van der Waals surface area contributed by atoms with Crippen LogP contribution in [0.15, 0.2) is 30.3 Å². The first-order valence-electron chi connectivity index (χ1n) is 6.85. The van der Waals surface area contributed by atoms with E-state index in [0.29, 0.717) is 5.56 Å². The van der Waals surface area contributed by atoms with Gasteiger partial charge in [-0.3, -0.25) is 14.4 Å². The molecule has 0 saturated carbocycles. The van der Waals surface area contributed by atoms with Gasteiger partial charge in [0.2, 0.25) is 11.8 Å². The van der Waals surface area contributed by atoms with E-state index >= 15 is 0 Å². The van der Waals surface area contributed by atoms with Gasteiger partial charge in [-0.2, -0.15) is 0 Å². The standard InChI is InChI=1S/C15H18N2O6/c1-9(18)16-11(8-13(19)20)14(21)17-12(15(22)23)7-10-5-3-2-4-6-10/h2-6,11-12H,7-8H2,1H3,(H,16,18)(H,17,21)(H,19,20)(H,22,23)/t11-,12-/m0/s1. The Balaban J connectivity index is 2.80. The molecule has 2 amide bonds. The largest absolute Gasteiger partial charge is 0.481 e. The molecular formula is C15H18N2O6. The predicted octanol–water partition coefficient (Wildman–Crippen LogP) is -0.222. The minimum atomic E-state index is -1.33. The number of carbonyl (C=O) groups excluding carboxylic acids is 2. The Morgan fingerprint density at radius 1 is 1.00 bits per heavy atom. The molecule has 2 atom stereocenters. The predicted molar refractivity (Wildman–Crippen MR) is 79.6 cm³/mol. The molecule has 0 aliphatic rings. The third kappa shape index (κ3) is 6.60. The quantitative estimate of drug-likeness (QED) is 0.523. The van der Waals surface area contributed by atoms with Crippen molar-refractivity contribution in [2.24, 2.45) is 0 Å². The second kappa shape index (κ2) is 8.52. The fraction of sp³-hybridized carbons (Fsp3) is 0.333. The van der Waals surface area contributed by atoms with Gasteiger partial charge in [-0.05, 0) is 5.56 Å². The van der Waals surface area contributed by atoms with Crippen molar-refractivity contribution in [2.45, 2.75) is 31.8 Å². The van der Waals surface area contributed by atoms with Crippen LogP contribution in [0.4, 0.5) is 0 Å². The van der Waals surface area contributed by atoms with Crippen molar-refractivity contribution >= 4 is 23.8 Å². The number of carboxylic acids is 2. The molecule has 0 aliphatic carbocycles. The molecule has 4 N–H and O–H groups in total. The summed E-state index contributed by atoms with van der Waals surface area (Å²) in [4.78, 5) is 45.2. The van der Waals surface area contributed by atoms with Gasteiger partial charge in [-0.25, -0.2) is 4.79 Å². The lowest BCUT2D eigenvalue weighted by molar-refractivity contribution is -0.143. The maximum Gasteiger partial charge on any atom is 0.326 e. The maximum atomic E-state index is 12.1. The molecule has 0 unspecified atom stereocenters. The Labute approximate surface area is 132 Å². The molecule has 1 rings (SSSR count). The van der Waals surface area contributed by atoms with Crippen LogP contribution < -0.4 is 10.6 Å². The summed E-state index contributed by atoms with van der Waals surface area (Å²) in [5, 5.41) is 22.4. The number of amides is 2. The Kier molecular flexibility index (Phi) is 6.72. The van der Waals surface area contributed by atoms with Crippen LogP contribution in [0.25, 0.3) is 0 Å². The summed E-state index contributed by atoms with van der Waals surface area (Å²) in [5.41, 5.74) is 0.703. The molecule has 0 radical (unpaired) electrons. The van der Waals surface area contributed by atoms with E-state index in [-0.39, 0.29) is 6.42 Å². The summed E-state index contributed by atoms with van der Waals surface area (Å²) in [6.45, 7) is 1.14. The van der Waals surface area contributed by atoms with Crippen LogP contribution in [-0.4, -0.2) is 46.0 Å². The maximum absolute atomic E-state index is 12.1. The molecule has 0 fully saturated rings. The number of hydrogen-bond donors (Lipinski definition) is 4. The molecule has 1 aromatic carbocycles. The molecule has 0 aliphatic heterocycles. The topological polar surface area (TPSA) is 133 Å². The fourth-order valence-corrected chi connectivity index (χ4v) is 1.95. The molecule has 0 spiro atoms. The van der Waals surface area contributed by atoms with Crippen molar-refractivity contribution < 1.29 is 29.4 Å². The fourth-order valence-electron chi connectivity index (χ4n) is 1.95. The Morgan fingerprint density at radius 3 is 2.09 bits per heavy atom. The van der Waals surface area contributed by atoms with E-state index in [9.17, 15) is 24.3 Å². The van der Waals surface area contributed by atoms with Gasteiger partial charge in [-0.1, -0.05) is 30.3 Å². The molecule has 8 nitrogen and oxygen atoms in total. The normalized spacial score (nSPS) is 12.7. The Bertz CT molecular complexity index is 571. The first kappa shape index (κ1) is 18.1. The highest BCUT2D eigenvalue weighted by molar-refractivity contribution is 5.92. The third-order valence-electron chi connectivity index (χ3n) is 2.97. The SMILES string of the molecule is CC(=O)N[C@@H](CC(=O)O)C(=O)N[C@@H](Cc1ccccc1)C(=O)O. The summed E-state index contributed by atoms with van der Waals surface area (Å²) < 4.78 is 0. The second-order valence-electron chi connectivity index (χ2n) is 4.94. The molecule has 0 bridgehead atoms.